The molecule has 98 valence electrons. The van der Waals surface area contributed by atoms with Crippen LogP contribution in [0.5, 0.6) is 0 Å². The summed E-state index contributed by atoms with van der Waals surface area (Å²) in [6.07, 6.45) is 5.43. The van der Waals surface area contributed by atoms with Crippen LogP contribution >= 0.6 is 0 Å². The summed E-state index contributed by atoms with van der Waals surface area (Å²) in [7, 11) is 3.57. The van der Waals surface area contributed by atoms with Crippen LogP contribution in [0.15, 0.2) is 0 Å². The summed E-state index contributed by atoms with van der Waals surface area (Å²) in [6.45, 7) is 2.62. The number of carbonyl (C=O) groups is 1. The van der Waals surface area contributed by atoms with Crippen LogP contribution in [0.2, 0.25) is 0 Å². The van der Waals surface area contributed by atoms with Gasteiger partial charge in [-0.1, -0.05) is 12.8 Å². The predicted molar refractivity (Wildman–Crippen MR) is 66.8 cm³/mol. The first kappa shape index (κ1) is 12.8. The number of nitrogens with zero attached hydrogens (tertiary/aromatic N) is 1. The molecule has 1 amide bonds. The molecule has 0 aromatic carbocycles. The number of amides is 1. The van der Waals surface area contributed by atoms with Gasteiger partial charge in [0.2, 0.25) is 0 Å². The Balaban J connectivity index is 1.89. The van der Waals surface area contributed by atoms with Crippen LogP contribution in [0.3, 0.4) is 0 Å². The number of carbonyl (C=O) groups excluding carboxylic acids is 1. The molecule has 1 saturated carbocycles. The number of rotatable bonds is 5. The second-order valence-electron chi connectivity index (χ2n) is 5.41. The summed E-state index contributed by atoms with van der Waals surface area (Å²) in [5.74, 6) is 1.04. The smallest absolute Gasteiger partial charge is 0.254 e. The number of ether oxygens (including phenoxy) is 1. The molecule has 0 spiro atoms. The highest BCUT2D eigenvalue weighted by Gasteiger charge is 2.41. The van der Waals surface area contributed by atoms with E-state index in [0.717, 1.165) is 44.8 Å². The molecule has 0 aromatic rings. The summed E-state index contributed by atoms with van der Waals surface area (Å²) in [5, 5.41) is 3.28. The molecule has 1 aliphatic heterocycles. The van der Waals surface area contributed by atoms with E-state index in [2.05, 4.69) is 5.32 Å². The second-order valence-corrected chi connectivity index (χ2v) is 5.41. The molecular weight excluding hydrogens is 216 g/mol. The lowest BCUT2D eigenvalue weighted by atomic mass is 9.90. The average Bonchev–Trinajstić information content (AvgIpc) is 3.20. The van der Waals surface area contributed by atoms with E-state index >= 15 is 0 Å². The lowest BCUT2D eigenvalue weighted by Gasteiger charge is -2.37. The Hall–Kier alpha value is -0.610. The van der Waals surface area contributed by atoms with Gasteiger partial charge in [-0.15, -0.1) is 0 Å². The van der Waals surface area contributed by atoms with E-state index < -0.39 is 5.60 Å². The van der Waals surface area contributed by atoms with Gasteiger partial charge in [0.15, 0.2) is 0 Å². The van der Waals surface area contributed by atoms with Gasteiger partial charge in [0.1, 0.15) is 5.60 Å². The topological polar surface area (TPSA) is 41.6 Å². The Morgan fingerprint density at radius 3 is 2.59 bits per heavy atom. The quantitative estimate of drug-likeness (QED) is 0.780. The van der Waals surface area contributed by atoms with E-state index in [1.54, 1.807) is 7.11 Å². The van der Waals surface area contributed by atoms with Crippen LogP contribution in [0, 0.1) is 5.92 Å². The molecule has 0 radical (unpaired) electrons. The van der Waals surface area contributed by atoms with Gasteiger partial charge in [0, 0.05) is 20.7 Å². The molecule has 2 fully saturated rings. The third-order valence-corrected chi connectivity index (χ3v) is 4.11. The zero-order chi connectivity index (χ0) is 12.3. The normalized spacial score (nSPS) is 23.4. The minimum absolute atomic E-state index is 0.169. The van der Waals surface area contributed by atoms with Crippen molar-refractivity contribution in [3.8, 4) is 0 Å². The fraction of sp³-hybridized carbons (Fsp3) is 0.923. The summed E-state index contributed by atoms with van der Waals surface area (Å²) in [6, 6.07) is 0. The summed E-state index contributed by atoms with van der Waals surface area (Å²) in [4.78, 5) is 14.3. The van der Waals surface area contributed by atoms with Crippen LogP contribution in [-0.2, 0) is 9.53 Å². The molecule has 17 heavy (non-hydrogen) atoms. The number of piperidine rings is 1. The maximum Gasteiger partial charge on any atom is 0.254 e. The minimum atomic E-state index is -0.566. The number of nitrogens with one attached hydrogen (secondary N) is 1. The fourth-order valence-corrected chi connectivity index (χ4v) is 2.57. The van der Waals surface area contributed by atoms with E-state index in [9.17, 15) is 4.79 Å². The highest BCUT2D eigenvalue weighted by atomic mass is 16.5. The zero-order valence-corrected chi connectivity index (χ0v) is 11.0. The Labute approximate surface area is 104 Å². The van der Waals surface area contributed by atoms with Crippen LogP contribution in [-0.4, -0.2) is 50.2 Å². The number of hydrogen-bond donors (Lipinski definition) is 1. The van der Waals surface area contributed by atoms with Crippen molar-refractivity contribution in [1.29, 1.82) is 0 Å². The van der Waals surface area contributed by atoms with Crippen LogP contribution in [0.25, 0.3) is 0 Å². The van der Waals surface area contributed by atoms with Gasteiger partial charge in [-0.3, -0.25) is 4.79 Å². The van der Waals surface area contributed by atoms with Crippen molar-refractivity contribution < 1.29 is 9.53 Å². The van der Waals surface area contributed by atoms with E-state index in [1.165, 1.54) is 12.8 Å². The molecule has 0 unspecified atom stereocenters. The minimum Gasteiger partial charge on any atom is -0.368 e. The molecule has 1 aliphatic carbocycles. The fourth-order valence-electron chi connectivity index (χ4n) is 2.57. The Morgan fingerprint density at radius 1 is 1.41 bits per heavy atom. The van der Waals surface area contributed by atoms with Crippen molar-refractivity contribution >= 4 is 5.91 Å². The third-order valence-electron chi connectivity index (χ3n) is 4.11. The van der Waals surface area contributed by atoms with Gasteiger partial charge in [-0.25, -0.2) is 0 Å². The van der Waals surface area contributed by atoms with Gasteiger partial charge >= 0.3 is 0 Å². The zero-order valence-electron chi connectivity index (χ0n) is 11.0. The Kier molecular flexibility index (Phi) is 4.05. The summed E-state index contributed by atoms with van der Waals surface area (Å²) >= 11 is 0. The van der Waals surface area contributed by atoms with Gasteiger partial charge in [-0.2, -0.15) is 0 Å². The van der Waals surface area contributed by atoms with Gasteiger partial charge < -0.3 is 15.0 Å². The second kappa shape index (κ2) is 5.36. The molecule has 0 aromatic heterocycles. The summed E-state index contributed by atoms with van der Waals surface area (Å²) in [5.41, 5.74) is -0.566. The lowest BCUT2D eigenvalue weighted by Crippen LogP contribution is -2.54. The molecule has 0 bridgehead atoms. The first-order valence-electron chi connectivity index (χ1n) is 6.69. The van der Waals surface area contributed by atoms with E-state index in [4.69, 9.17) is 4.74 Å². The van der Waals surface area contributed by atoms with Crippen molar-refractivity contribution in [2.24, 2.45) is 5.92 Å². The standard InChI is InChI=1S/C13H24N2O2/c1-15(10-5-11-3-4-11)12(16)13(17-2)6-8-14-9-7-13/h11,14H,3-10H2,1-2H3. The SMILES string of the molecule is COC1(C(=O)N(C)CCC2CC2)CCNCC1. The highest BCUT2D eigenvalue weighted by Crippen LogP contribution is 2.33. The molecule has 1 saturated heterocycles. The van der Waals surface area contributed by atoms with Gasteiger partial charge in [-0.05, 0) is 38.3 Å². The number of methoxy groups -OCH3 is 1. The van der Waals surface area contributed by atoms with E-state index in [1.807, 2.05) is 11.9 Å². The molecule has 1 N–H and O–H groups in total. The molecule has 0 atom stereocenters. The first-order valence-corrected chi connectivity index (χ1v) is 6.69. The first-order chi connectivity index (χ1) is 8.18. The van der Waals surface area contributed by atoms with E-state index in [0.29, 0.717) is 0 Å². The largest absolute Gasteiger partial charge is 0.368 e. The van der Waals surface area contributed by atoms with Crippen molar-refractivity contribution in [1.82, 2.24) is 10.2 Å². The summed E-state index contributed by atoms with van der Waals surface area (Å²) < 4.78 is 5.55. The lowest BCUT2D eigenvalue weighted by molar-refractivity contribution is -0.157. The molecule has 1 heterocycles. The molecule has 4 heteroatoms. The van der Waals surface area contributed by atoms with Gasteiger partial charge in [0.05, 0.1) is 0 Å². The van der Waals surface area contributed by atoms with Gasteiger partial charge in [0.25, 0.3) is 5.91 Å². The van der Waals surface area contributed by atoms with Crippen molar-refractivity contribution in [2.45, 2.75) is 37.7 Å². The Morgan fingerprint density at radius 2 is 2.06 bits per heavy atom. The van der Waals surface area contributed by atoms with E-state index in [-0.39, 0.29) is 5.91 Å². The predicted octanol–water partition coefficient (Wildman–Crippen LogP) is 1.01. The molecule has 4 nitrogen and oxygen atoms in total. The molecule has 2 aliphatic rings. The van der Waals surface area contributed by atoms with Crippen molar-refractivity contribution in [3.63, 3.8) is 0 Å². The average molecular weight is 240 g/mol. The van der Waals surface area contributed by atoms with Crippen LogP contribution < -0.4 is 5.32 Å². The monoisotopic (exact) mass is 240 g/mol. The third kappa shape index (κ3) is 2.99. The number of hydrogen-bond acceptors (Lipinski definition) is 3. The molecular formula is C13H24N2O2. The number of likely N-dealkylation sites (N-methyl/N-ethyl adjacent to an activating group) is 1. The highest BCUT2D eigenvalue weighted by molar-refractivity contribution is 5.85. The van der Waals surface area contributed by atoms with Crippen LogP contribution in [0.1, 0.15) is 32.1 Å². The van der Waals surface area contributed by atoms with Crippen molar-refractivity contribution in [2.75, 3.05) is 33.8 Å². The maximum absolute atomic E-state index is 12.5. The Bertz CT molecular complexity index is 271. The van der Waals surface area contributed by atoms with Crippen LogP contribution in [0.4, 0.5) is 0 Å². The molecule has 2 rings (SSSR count). The van der Waals surface area contributed by atoms with Crippen molar-refractivity contribution in [3.05, 3.63) is 0 Å². The maximum atomic E-state index is 12.5.